The van der Waals surface area contributed by atoms with Crippen molar-refractivity contribution >= 4 is 22.8 Å². The molecular weight excluding hydrogens is 845 g/mol. The Hall–Kier alpha value is -7.09. The van der Waals surface area contributed by atoms with Gasteiger partial charge in [0.25, 0.3) is 5.91 Å². The number of ether oxygens (including phenoxy) is 2. The summed E-state index contributed by atoms with van der Waals surface area (Å²) in [5.74, 6) is -0.269. The van der Waals surface area contributed by atoms with E-state index < -0.39 is 17.7 Å². The molecule has 0 aliphatic carbocycles. The summed E-state index contributed by atoms with van der Waals surface area (Å²) < 4.78 is 12.1. The minimum absolute atomic E-state index is 0.0549. The van der Waals surface area contributed by atoms with E-state index in [1.807, 2.05) is 48.5 Å². The number of aromatic nitrogens is 1. The molecule has 7 aromatic rings. The lowest BCUT2D eigenvalue weighted by molar-refractivity contribution is -0.164. The lowest BCUT2D eigenvalue weighted by Gasteiger charge is -2.33. The molecule has 1 aromatic heterocycles. The molecule has 6 aromatic carbocycles. The Bertz CT molecular complexity index is 2790. The Morgan fingerprint density at radius 2 is 1.45 bits per heavy atom. The third kappa shape index (κ3) is 11.8. The number of nitrogens with one attached hydrogen (secondary N) is 3. The third-order valence-corrected chi connectivity index (χ3v) is 12.4. The molecule has 344 valence electrons. The van der Waals surface area contributed by atoms with Crippen molar-refractivity contribution < 1.29 is 34.4 Å². The van der Waals surface area contributed by atoms with Crippen LogP contribution in [0.15, 0.2) is 163 Å². The number of amides is 1. The highest BCUT2D eigenvalue weighted by Gasteiger charge is 2.42. The average Bonchev–Trinajstić information content (AvgIpc) is 3.37. The Kier molecular flexibility index (Phi) is 15.2. The van der Waals surface area contributed by atoms with Gasteiger partial charge in [0.1, 0.15) is 18.1 Å². The molecule has 1 aliphatic heterocycles. The first kappa shape index (κ1) is 46.4. The number of aromatic hydroxyl groups is 1. The number of carbonyl (C=O) groups is 2. The number of nitrogens with zero attached hydrogens (tertiary/aromatic N) is 1. The normalized spacial score (nSPS) is 14.5. The standard InChI is InChI=1S/C55H56N4O8/c60-49-24-22-47(48-23-25-51(62)58-52(48)49)50(61)34-56-29-26-38-18-20-43(21-19-38)53(63)57-33-39-14-16-41(17-15-39)36-66-46-13-7-12-45(32-46)55(65,44-10-5-2-6-11-44)54(64)67-37-42-27-30-59(31-28-42)35-40-8-3-1-4-9-40/h1-25,32,42,50,56,60-61,65H,26-31,33-37H2,(H,57,63)(H,58,62)/t50-,55?/m0/s1. The molecule has 1 amide bonds. The minimum Gasteiger partial charge on any atom is -0.506 e. The number of esters is 1. The van der Waals surface area contributed by atoms with Gasteiger partial charge < -0.3 is 40.4 Å². The van der Waals surface area contributed by atoms with Crippen molar-refractivity contribution in [3.63, 3.8) is 0 Å². The maximum absolute atomic E-state index is 13.9. The van der Waals surface area contributed by atoms with Crippen molar-refractivity contribution in [1.82, 2.24) is 20.5 Å². The number of phenolic OH excluding ortho intramolecular Hbond substituents is 1. The summed E-state index contributed by atoms with van der Waals surface area (Å²) in [5.41, 5.74) is 3.97. The van der Waals surface area contributed by atoms with E-state index in [0.717, 1.165) is 49.2 Å². The van der Waals surface area contributed by atoms with Crippen LogP contribution in [0.5, 0.6) is 11.5 Å². The van der Waals surface area contributed by atoms with Gasteiger partial charge in [-0.15, -0.1) is 0 Å². The van der Waals surface area contributed by atoms with Crippen LogP contribution in [-0.2, 0) is 41.2 Å². The number of aliphatic hydroxyl groups is 2. The van der Waals surface area contributed by atoms with Crippen LogP contribution in [0.4, 0.5) is 0 Å². The highest BCUT2D eigenvalue weighted by Crippen LogP contribution is 2.34. The second-order valence-corrected chi connectivity index (χ2v) is 17.1. The number of benzene rings is 6. The number of likely N-dealkylation sites (tertiary alicyclic amines) is 1. The van der Waals surface area contributed by atoms with Gasteiger partial charge in [0.15, 0.2) is 0 Å². The maximum atomic E-state index is 13.9. The van der Waals surface area contributed by atoms with Crippen molar-refractivity contribution in [2.75, 3.05) is 32.8 Å². The van der Waals surface area contributed by atoms with Gasteiger partial charge in [0, 0.05) is 42.2 Å². The van der Waals surface area contributed by atoms with E-state index in [2.05, 4.69) is 44.8 Å². The zero-order chi connectivity index (χ0) is 46.6. The van der Waals surface area contributed by atoms with Gasteiger partial charge in [-0.2, -0.15) is 0 Å². The van der Waals surface area contributed by atoms with E-state index in [-0.39, 0.29) is 42.9 Å². The van der Waals surface area contributed by atoms with Crippen molar-refractivity contribution in [1.29, 1.82) is 0 Å². The van der Waals surface area contributed by atoms with Crippen LogP contribution in [0, 0.1) is 5.92 Å². The van der Waals surface area contributed by atoms with E-state index in [9.17, 15) is 29.7 Å². The molecule has 67 heavy (non-hydrogen) atoms. The first-order valence-corrected chi connectivity index (χ1v) is 22.8. The fourth-order valence-electron chi connectivity index (χ4n) is 8.50. The minimum atomic E-state index is -2.04. The Balaban J connectivity index is 0.785. The van der Waals surface area contributed by atoms with Crippen LogP contribution in [0.3, 0.4) is 0 Å². The number of carbonyl (C=O) groups excluding carboxylic acids is 2. The number of fused-ring (bicyclic) bond motifs is 1. The predicted octanol–water partition coefficient (Wildman–Crippen LogP) is 7.30. The Morgan fingerprint density at radius 1 is 0.761 bits per heavy atom. The molecule has 1 fully saturated rings. The Labute approximate surface area is 389 Å². The van der Waals surface area contributed by atoms with Crippen LogP contribution < -0.4 is 20.9 Å². The van der Waals surface area contributed by atoms with Gasteiger partial charge in [-0.1, -0.05) is 115 Å². The fraction of sp³-hybridized carbons (Fsp3) is 0.255. The molecule has 2 heterocycles. The predicted molar refractivity (Wildman–Crippen MR) is 257 cm³/mol. The van der Waals surface area contributed by atoms with E-state index >= 15 is 0 Å². The summed E-state index contributed by atoms with van der Waals surface area (Å²) in [6, 6.07) is 47.4. The molecule has 0 radical (unpaired) electrons. The van der Waals surface area contributed by atoms with Crippen molar-refractivity contribution in [3.05, 3.63) is 213 Å². The van der Waals surface area contributed by atoms with Gasteiger partial charge in [0.05, 0.1) is 18.2 Å². The molecule has 12 heteroatoms. The van der Waals surface area contributed by atoms with Gasteiger partial charge in [0.2, 0.25) is 11.2 Å². The Morgan fingerprint density at radius 3 is 2.19 bits per heavy atom. The highest BCUT2D eigenvalue weighted by atomic mass is 16.5. The average molecular weight is 901 g/mol. The fourth-order valence-corrected chi connectivity index (χ4v) is 8.50. The van der Waals surface area contributed by atoms with Gasteiger partial charge >= 0.3 is 5.97 Å². The highest BCUT2D eigenvalue weighted by molar-refractivity contribution is 5.94. The zero-order valence-electron chi connectivity index (χ0n) is 37.3. The first-order chi connectivity index (χ1) is 32.6. The summed E-state index contributed by atoms with van der Waals surface area (Å²) in [5, 5.41) is 40.0. The van der Waals surface area contributed by atoms with E-state index in [0.29, 0.717) is 58.4 Å². The van der Waals surface area contributed by atoms with Crippen LogP contribution in [0.1, 0.15) is 68.2 Å². The quantitative estimate of drug-likeness (QED) is 0.0357. The molecule has 0 saturated carbocycles. The van der Waals surface area contributed by atoms with Crippen molar-refractivity contribution in [2.45, 2.75) is 50.7 Å². The lowest BCUT2D eigenvalue weighted by Crippen LogP contribution is -2.40. The van der Waals surface area contributed by atoms with Crippen LogP contribution in [-0.4, -0.2) is 69.9 Å². The van der Waals surface area contributed by atoms with E-state index in [1.165, 1.54) is 17.7 Å². The van der Waals surface area contributed by atoms with E-state index in [1.54, 1.807) is 72.8 Å². The molecule has 0 spiro atoms. The van der Waals surface area contributed by atoms with Crippen molar-refractivity contribution in [2.24, 2.45) is 5.92 Å². The smallest absolute Gasteiger partial charge is 0.347 e. The molecule has 1 aliphatic rings. The summed E-state index contributed by atoms with van der Waals surface area (Å²) in [4.78, 5) is 43.7. The summed E-state index contributed by atoms with van der Waals surface area (Å²) in [7, 11) is 0. The summed E-state index contributed by atoms with van der Waals surface area (Å²) >= 11 is 0. The SMILES string of the molecule is O=C(NCc1ccc(COc2cccc(C(O)(C(=O)OCC3CCN(Cc4ccccc4)CC3)c3ccccc3)c2)cc1)c1ccc(CCNC[C@H](O)c2ccc(O)c3[nH]c(=O)ccc23)cc1. The molecule has 2 atom stereocenters. The summed E-state index contributed by atoms with van der Waals surface area (Å²) in [6.45, 7) is 4.42. The molecular formula is C55H56N4O8. The number of hydrogen-bond donors (Lipinski definition) is 6. The monoisotopic (exact) mass is 900 g/mol. The second-order valence-electron chi connectivity index (χ2n) is 17.1. The van der Waals surface area contributed by atoms with Crippen LogP contribution in [0.2, 0.25) is 0 Å². The molecule has 8 rings (SSSR count). The van der Waals surface area contributed by atoms with Crippen molar-refractivity contribution in [3.8, 4) is 11.5 Å². The molecule has 1 unspecified atom stereocenters. The number of H-pyrrole nitrogens is 1. The van der Waals surface area contributed by atoms with Gasteiger partial charge in [-0.3, -0.25) is 14.5 Å². The first-order valence-electron chi connectivity index (χ1n) is 22.8. The maximum Gasteiger partial charge on any atom is 0.347 e. The molecule has 6 N–H and O–H groups in total. The molecule has 1 saturated heterocycles. The number of rotatable bonds is 19. The van der Waals surface area contributed by atoms with E-state index in [4.69, 9.17) is 9.47 Å². The number of aromatic amines is 1. The number of aliphatic hydroxyl groups excluding tert-OH is 1. The number of pyridine rings is 1. The lowest BCUT2D eigenvalue weighted by atomic mass is 9.86. The number of hydrogen-bond acceptors (Lipinski definition) is 10. The molecule has 12 nitrogen and oxygen atoms in total. The number of phenols is 1. The second kappa shape index (κ2) is 21.9. The van der Waals surface area contributed by atoms with Crippen LogP contribution in [0.25, 0.3) is 10.9 Å². The van der Waals surface area contributed by atoms with Gasteiger partial charge in [-0.05, 0) is 115 Å². The summed E-state index contributed by atoms with van der Waals surface area (Å²) in [6.07, 6.45) is 1.65. The number of piperidine rings is 1. The zero-order valence-corrected chi connectivity index (χ0v) is 37.3. The molecule has 0 bridgehead atoms. The largest absolute Gasteiger partial charge is 0.506 e. The third-order valence-electron chi connectivity index (χ3n) is 12.4. The van der Waals surface area contributed by atoms with Crippen LogP contribution >= 0.6 is 0 Å². The van der Waals surface area contributed by atoms with Gasteiger partial charge in [-0.25, -0.2) is 4.79 Å². The topological polar surface area (TPSA) is 173 Å².